The lowest BCUT2D eigenvalue weighted by molar-refractivity contribution is -0.140. The van der Waals surface area contributed by atoms with Gasteiger partial charge in [-0.2, -0.15) is 4.31 Å². The van der Waals surface area contributed by atoms with Gasteiger partial charge in [0.2, 0.25) is 10.0 Å². The first-order chi connectivity index (χ1) is 9.42. The van der Waals surface area contributed by atoms with Crippen LogP contribution in [0, 0.1) is 0 Å². The van der Waals surface area contributed by atoms with Crippen molar-refractivity contribution in [3.05, 3.63) is 34.3 Å². The Morgan fingerprint density at radius 3 is 2.75 bits per heavy atom. The van der Waals surface area contributed by atoms with Crippen molar-refractivity contribution in [3.8, 4) is 0 Å². The van der Waals surface area contributed by atoms with Crippen molar-refractivity contribution in [1.29, 1.82) is 0 Å². The van der Waals surface area contributed by atoms with Gasteiger partial charge >= 0.3 is 5.97 Å². The molecule has 7 heteroatoms. The second kappa shape index (κ2) is 6.24. The topological polar surface area (TPSA) is 74.7 Å². The molecule has 0 amide bonds. The number of carbonyl (C=O) groups is 1. The van der Waals surface area contributed by atoms with Gasteiger partial charge in [0.1, 0.15) is 6.04 Å². The highest BCUT2D eigenvalue weighted by Gasteiger charge is 2.38. The quantitative estimate of drug-likeness (QED) is 0.868. The minimum Gasteiger partial charge on any atom is -0.480 e. The van der Waals surface area contributed by atoms with E-state index in [1.165, 1.54) is 0 Å². The van der Waals surface area contributed by atoms with Gasteiger partial charge in [-0.05, 0) is 30.9 Å². The van der Waals surface area contributed by atoms with Crippen LogP contribution in [0.1, 0.15) is 18.4 Å². The van der Waals surface area contributed by atoms with Gasteiger partial charge in [-0.3, -0.25) is 4.79 Å². The Morgan fingerprint density at radius 2 is 2.10 bits per heavy atom. The van der Waals surface area contributed by atoms with Gasteiger partial charge in [0.25, 0.3) is 0 Å². The molecule has 0 spiro atoms. The second-order valence-corrected chi connectivity index (χ2v) is 7.66. The van der Waals surface area contributed by atoms with Crippen molar-refractivity contribution in [2.75, 3.05) is 12.3 Å². The van der Waals surface area contributed by atoms with Crippen LogP contribution < -0.4 is 0 Å². The number of carboxylic acid groups (broad SMARTS) is 1. The Morgan fingerprint density at radius 1 is 1.40 bits per heavy atom. The molecule has 0 bridgehead atoms. The Kier molecular flexibility index (Phi) is 4.82. The fourth-order valence-corrected chi connectivity index (χ4v) is 4.56. The predicted molar refractivity (Wildman–Crippen MR) is 79.0 cm³/mol. The Bertz CT molecular complexity index is 602. The van der Waals surface area contributed by atoms with E-state index in [0.29, 0.717) is 25.8 Å². The van der Waals surface area contributed by atoms with Crippen LogP contribution >= 0.6 is 15.9 Å². The number of aliphatic carboxylic acids is 1. The summed E-state index contributed by atoms with van der Waals surface area (Å²) >= 11 is 3.38. The van der Waals surface area contributed by atoms with Crippen molar-refractivity contribution in [2.45, 2.75) is 25.3 Å². The van der Waals surface area contributed by atoms with E-state index in [1.54, 1.807) is 0 Å². The summed E-state index contributed by atoms with van der Waals surface area (Å²) in [6.07, 6.45) is 1.36. The summed E-state index contributed by atoms with van der Waals surface area (Å²) in [6.45, 7) is 0.301. The van der Waals surface area contributed by atoms with Gasteiger partial charge in [0.15, 0.2) is 0 Å². The van der Waals surface area contributed by atoms with Crippen molar-refractivity contribution in [3.63, 3.8) is 0 Å². The zero-order valence-corrected chi connectivity index (χ0v) is 13.2. The highest BCUT2D eigenvalue weighted by Crippen LogP contribution is 2.23. The normalized spacial score (nSPS) is 20.1. The number of hydrogen-bond donors (Lipinski definition) is 1. The summed E-state index contributed by atoms with van der Waals surface area (Å²) in [4.78, 5) is 11.1. The third-order valence-corrected chi connectivity index (χ3v) is 6.08. The molecule has 1 saturated heterocycles. The minimum absolute atomic E-state index is 0.0700. The summed E-state index contributed by atoms with van der Waals surface area (Å²) in [5.74, 6) is -1.13. The standard InChI is InChI=1S/C13H16BrNO4S/c14-11-5-2-1-4-10(11)7-9-20(18,19)15-8-3-6-12(15)13(16)17/h1-2,4-5,12H,3,6-9H2,(H,16,17)/t12-/m1/s1. The average Bonchev–Trinajstić information content (AvgIpc) is 2.88. The van der Waals surface area contributed by atoms with Crippen molar-refractivity contribution in [2.24, 2.45) is 0 Å². The molecule has 1 aromatic carbocycles. The van der Waals surface area contributed by atoms with Crippen LogP contribution in [0.2, 0.25) is 0 Å². The number of hydrogen-bond acceptors (Lipinski definition) is 3. The largest absolute Gasteiger partial charge is 0.480 e. The third-order valence-electron chi connectivity index (χ3n) is 3.43. The molecule has 1 fully saturated rings. The Balaban J connectivity index is 2.08. The number of rotatable bonds is 5. The van der Waals surface area contributed by atoms with Crippen LogP contribution in [0.4, 0.5) is 0 Å². The summed E-state index contributed by atoms with van der Waals surface area (Å²) in [7, 11) is -3.54. The summed E-state index contributed by atoms with van der Waals surface area (Å²) in [5, 5.41) is 9.06. The Labute approximate surface area is 126 Å². The van der Waals surface area contributed by atoms with E-state index in [1.807, 2.05) is 24.3 Å². The van der Waals surface area contributed by atoms with Crippen LogP contribution in [0.3, 0.4) is 0 Å². The van der Waals surface area contributed by atoms with Crippen LogP contribution in [0.5, 0.6) is 0 Å². The highest BCUT2D eigenvalue weighted by atomic mass is 79.9. The van der Waals surface area contributed by atoms with E-state index in [-0.39, 0.29) is 5.75 Å². The summed E-state index contributed by atoms with van der Waals surface area (Å²) in [5.41, 5.74) is 0.905. The van der Waals surface area contributed by atoms with Gasteiger partial charge in [0.05, 0.1) is 5.75 Å². The van der Waals surface area contributed by atoms with Gasteiger partial charge in [-0.1, -0.05) is 34.1 Å². The van der Waals surface area contributed by atoms with Crippen LogP contribution in [0.15, 0.2) is 28.7 Å². The van der Waals surface area contributed by atoms with E-state index in [4.69, 9.17) is 5.11 Å². The molecule has 1 N–H and O–H groups in total. The lowest BCUT2D eigenvalue weighted by atomic mass is 10.2. The fraction of sp³-hybridized carbons (Fsp3) is 0.462. The van der Waals surface area contributed by atoms with Gasteiger partial charge in [-0.25, -0.2) is 8.42 Å². The number of aryl methyl sites for hydroxylation is 1. The van der Waals surface area contributed by atoms with Crippen molar-refractivity contribution < 1.29 is 18.3 Å². The van der Waals surface area contributed by atoms with E-state index in [0.717, 1.165) is 14.3 Å². The van der Waals surface area contributed by atoms with E-state index < -0.39 is 22.0 Å². The summed E-state index contributed by atoms with van der Waals surface area (Å²) in [6, 6.07) is 6.53. The average molecular weight is 362 g/mol. The van der Waals surface area contributed by atoms with E-state index in [9.17, 15) is 13.2 Å². The monoisotopic (exact) mass is 361 g/mol. The first-order valence-electron chi connectivity index (χ1n) is 6.37. The van der Waals surface area contributed by atoms with E-state index >= 15 is 0 Å². The molecule has 110 valence electrons. The molecular weight excluding hydrogens is 346 g/mol. The third kappa shape index (κ3) is 3.39. The highest BCUT2D eigenvalue weighted by molar-refractivity contribution is 9.10. The molecule has 2 rings (SSSR count). The van der Waals surface area contributed by atoms with Crippen LogP contribution in [0.25, 0.3) is 0 Å². The molecule has 0 aliphatic carbocycles. The lowest BCUT2D eigenvalue weighted by Gasteiger charge is -2.21. The molecule has 0 radical (unpaired) electrons. The van der Waals surface area contributed by atoms with Crippen molar-refractivity contribution in [1.82, 2.24) is 4.31 Å². The molecule has 1 aromatic rings. The molecule has 0 saturated carbocycles. The molecule has 0 unspecified atom stereocenters. The molecule has 5 nitrogen and oxygen atoms in total. The zero-order valence-electron chi connectivity index (χ0n) is 10.8. The van der Waals surface area contributed by atoms with Gasteiger partial charge in [0, 0.05) is 11.0 Å². The number of nitrogens with zero attached hydrogens (tertiary/aromatic N) is 1. The second-order valence-electron chi connectivity index (χ2n) is 4.76. The van der Waals surface area contributed by atoms with Gasteiger partial charge in [-0.15, -0.1) is 0 Å². The number of carboxylic acids is 1. The number of halogens is 1. The molecule has 1 heterocycles. The summed E-state index contributed by atoms with van der Waals surface area (Å²) < 4.78 is 26.6. The minimum atomic E-state index is -3.54. The van der Waals surface area contributed by atoms with Crippen LogP contribution in [-0.2, 0) is 21.2 Å². The maximum atomic E-state index is 12.3. The Hall–Kier alpha value is -0.920. The maximum absolute atomic E-state index is 12.3. The first kappa shape index (κ1) is 15.5. The molecule has 1 aliphatic heterocycles. The molecule has 1 aliphatic rings. The maximum Gasteiger partial charge on any atom is 0.322 e. The smallest absolute Gasteiger partial charge is 0.322 e. The molecule has 20 heavy (non-hydrogen) atoms. The number of sulfonamides is 1. The molecule has 0 aromatic heterocycles. The SMILES string of the molecule is O=C(O)[C@H]1CCCN1S(=O)(=O)CCc1ccccc1Br. The van der Waals surface area contributed by atoms with E-state index in [2.05, 4.69) is 15.9 Å². The fourth-order valence-electron chi connectivity index (χ4n) is 2.38. The van der Waals surface area contributed by atoms with Gasteiger partial charge < -0.3 is 5.11 Å². The first-order valence-corrected chi connectivity index (χ1v) is 8.78. The van der Waals surface area contributed by atoms with Crippen LogP contribution in [-0.4, -0.2) is 42.1 Å². The number of benzene rings is 1. The predicted octanol–water partition coefficient (Wildman–Crippen LogP) is 1.87. The van der Waals surface area contributed by atoms with Crippen molar-refractivity contribution >= 4 is 31.9 Å². The molecule has 1 atom stereocenters. The lowest BCUT2D eigenvalue weighted by Crippen LogP contribution is -2.41. The molecular formula is C13H16BrNO4S. The zero-order chi connectivity index (χ0) is 14.8.